The van der Waals surface area contributed by atoms with Gasteiger partial charge in [0.15, 0.2) is 0 Å². The van der Waals surface area contributed by atoms with Gasteiger partial charge in [0.2, 0.25) is 5.91 Å². The van der Waals surface area contributed by atoms with Crippen molar-refractivity contribution in [3.05, 3.63) is 47.3 Å². The standard InChI is InChI=1S/C20H25N3O3/c1-14-18(15(2)23(21-14)17-7-5-4-6-8-17)13-19(24)22-11-9-16(10-12-22)20(25)26-3/h4-8,16H,9-13H2,1-3H3. The second kappa shape index (κ2) is 7.72. The van der Waals surface area contributed by atoms with Crippen LogP contribution in [0, 0.1) is 19.8 Å². The van der Waals surface area contributed by atoms with Crippen LogP contribution in [-0.2, 0) is 20.7 Å². The number of aryl methyl sites for hydroxylation is 1. The van der Waals surface area contributed by atoms with Crippen LogP contribution in [0.15, 0.2) is 30.3 Å². The molecule has 1 fully saturated rings. The van der Waals surface area contributed by atoms with E-state index in [1.165, 1.54) is 7.11 Å². The van der Waals surface area contributed by atoms with Crippen LogP contribution in [-0.4, -0.2) is 46.8 Å². The number of esters is 1. The van der Waals surface area contributed by atoms with Crippen LogP contribution in [0.3, 0.4) is 0 Å². The molecule has 1 aromatic carbocycles. The summed E-state index contributed by atoms with van der Waals surface area (Å²) in [5.74, 6) is -0.173. The van der Waals surface area contributed by atoms with E-state index in [0.717, 1.165) is 22.6 Å². The fourth-order valence-electron chi connectivity index (χ4n) is 3.55. The average molecular weight is 355 g/mol. The molecule has 2 heterocycles. The molecule has 2 aromatic rings. The molecule has 26 heavy (non-hydrogen) atoms. The van der Waals surface area contributed by atoms with Crippen LogP contribution >= 0.6 is 0 Å². The van der Waals surface area contributed by atoms with Gasteiger partial charge in [-0.2, -0.15) is 5.10 Å². The van der Waals surface area contributed by atoms with Crippen molar-refractivity contribution >= 4 is 11.9 Å². The van der Waals surface area contributed by atoms with Crippen LogP contribution < -0.4 is 0 Å². The Morgan fingerprint density at radius 2 is 1.81 bits per heavy atom. The molecule has 6 heteroatoms. The van der Waals surface area contributed by atoms with E-state index in [2.05, 4.69) is 5.10 Å². The SMILES string of the molecule is COC(=O)C1CCN(C(=O)Cc2c(C)nn(-c3ccccc3)c2C)CC1. The summed E-state index contributed by atoms with van der Waals surface area (Å²) < 4.78 is 6.69. The first-order valence-electron chi connectivity index (χ1n) is 8.97. The van der Waals surface area contributed by atoms with Crippen LogP contribution in [0.2, 0.25) is 0 Å². The Balaban J connectivity index is 1.69. The van der Waals surface area contributed by atoms with E-state index >= 15 is 0 Å². The molecule has 1 aromatic heterocycles. The van der Waals surface area contributed by atoms with Crippen molar-refractivity contribution < 1.29 is 14.3 Å². The predicted octanol–water partition coefficient (Wildman–Crippen LogP) is 2.44. The van der Waals surface area contributed by atoms with Crippen molar-refractivity contribution in [1.29, 1.82) is 0 Å². The van der Waals surface area contributed by atoms with Crippen molar-refractivity contribution in [2.45, 2.75) is 33.1 Å². The molecule has 0 spiro atoms. The molecular weight excluding hydrogens is 330 g/mol. The van der Waals surface area contributed by atoms with Crippen LogP contribution in [0.4, 0.5) is 0 Å². The molecular formula is C20H25N3O3. The Kier molecular flexibility index (Phi) is 5.40. The molecule has 0 bridgehead atoms. The van der Waals surface area contributed by atoms with E-state index in [1.807, 2.05) is 53.8 Å². The smallest absolute Gasteiger partial charge is 0.308 e. The number of hydrogen-bond acceptors (Lipinski definition) is 4. The van der Waals surface area contributed by atoms with Gasteiger partial charge in [0.05, 0.1) is 30.8 Å². The second-order valence-electron chi connectivity index (χ2n) is 6.75. The quantitative estimate of drug-likeness (QED) is 0.790. The van der Waals surface area contributed by atoms with Crippen molar-refractivity contribution in [1.82, 2.24) is 14.7 Å². The van der Waals surface area contributed by atoms with Gasteiger partial charge in [-0.05, 0) is 38.8 Å². The highest BCUT2D eigenvalue weighted by Gasteiger charge is 2.28. The largest absolute Gasteiger partial charge is 0.469 e. The molecule has 1 aliphatic heterocycles. The van der Waals surface area contributed by atoms with E-state index in [-0.39, 0.29) is 17.8 Å². The normalized spacial score (nSPS) is 15.1. The zero-order chi connectivity index (χ0) is 18.7. The summed E-state index contributed by atoms with van der Waals surface area (Å²) >= 11 is 0. The van der Waals surface area contributed by atoms with Gasteiger partial charge in [0.1, 0.15) is 0 Å². The summed E-state index contributed by atoms with van der Waals surface area (Å²) in [5, 5.41) is 4.61. The number of carbonyl (C=O) groups is 2. The third-order valence-electron chi connectivity index (χ3n) is 5.15. The van der Waals surface area contributed by atoms with E-state index in [0.29, 0.717) is 32.4 Å². The highest BCUT2D eigenvalue weighted by molar-refractivity contribution is 5.80. The fourth-order valence-corrected chi connectivity index (χ4v) is 3.55. The van der Waals surface area contributed by atoms with Crippen LogP contribution in [0.25, 0.3) is 5.69 Å². The van der Waals surface area contributed by atoms with E-state index in [1.54, 1.807) is 0 Å². The van der Waals surface area contributed by atoms with Gasteiger partial charge >= 0.3 is 5.97 Å². The number of amides is 1. The number of rotatable bonds is 4. The zero-order valence-corrected chi connectivity index (χ0v) is 15.6. The Bertz CT molecular complexity index is 790. The summed E-state index contributed by atoms with van der Waals surface area (Å²) in [6.45, 7) is 5.14. The van der Waals surface area contributed by atoms with Gasteiger partial charge in [0, 0.05) is 24.3 Å². The molecule has 1 amide bonds. The number of benzene rings is 1. The number of aromatic nitrogens is 2. The van der Waals surface area contributed by atoms with Gasteiger partial charge in [-0.3, -0.25) is 9.59 Å². The summed E-state index contributed by atoms with van der Waals surface area (Å²) in [4.78, 5) is 26.2. The third-order valence-corrected chi connectivity index (χ3v) is 5.15. The summed E-state index contributed by atoms with van der Waals surface area (Å²) in [6.07, 6.45) is 1.67. The van der Waals surface area contributed by atoms with Gasteiger partial charge in [-0.25, -0.2) is 4.68 Å². The fraction of sp³-hybridized carbons (Fsp3) is 0.450. The van der Waals surface area contributed by atoms with E-state index in [4.69, 9.17) is 4.74 Å². The lowest BCUT2D eigenvalue weighted by Crippen LogP contribution is -2.41. The molecule has 0 radical (unpaired) electrons. The molecule has 1 saturated heterocycles. The first-order valence-corrected chi connectivity index (χ1v) is 8.97. The van der Waals surface area contributed by atoms with Crippen molar-refractivity contribution in [3.8, 4) is 5.69 Å². The minimum absolute atomic E-state index is 0.0895. The number of likely N-dealkylation sites (tertiary alicyclic amines) is 1. The maximum absolute atomic E-state index is 12.7. The monoisotopic (exact) mass is 355 g/mol. The predicted molar refractivity (Wildman–Crippen MR) is 98.1 cm³/mol. The van der Waals surface area contributed by atoms with Gasteiger partial charge in [-0.1, -0.05) is 18.2 Å². The molecule has 0 unspecified atom stereocenters. The lowest BCUT2D eigenvalue weighted by atomic mass is 9.96. The van der Waals surface area contributed by atoms with Crippen LogP contribution in [0.1, 0.15) is 29.8 Å². The minimum atomic E-state index is -0.173. The molecule has 0 saturated carbocycles. The number of hydrogen-bond donors (Lipinski definition) is 0. The number of para-hydroxylation sites is 1. The van der Waals surface area contributed by atoms with Gasteiger partial charge in [0.25, 0.3) is 0 Å². The topological polar surface area (TPSA) is 64.4 Å². The number of nitrogens with zero attached hydrogens (tertiary/aromatic N) is 3. The lowest BCUT2D eigenvalue weighted by Gasteiger charge is -2.30. The van der Waals surface area contributed by atoms with Gasteiger partial charge < -0.3 is 9.64 Å². The van der Waals surface area contributed by atoms with Crippen molar-refractivity contribution in [3.63, 3.8) is 0 Å². The Morgan fingerprint density at radius 1 is 1.15 bits per heavy atom. The molecule has 6 nitrogen and oxygen atoms in total. The molecule has 0 aliphatic carbocycles. The average Bonchev–Trinajstić information content (AvgIpc) is 2.96. The van der Waals surface area contributed by atoms with E-state index < -0.39 is 0 Å². The number of ether oxygens (including phenoxy) is 1. The summed E-state index contributed by atoms with van der Waals surface area (Å²) in [5.41, 5.74) is 3.84. The highest BCUT2D eigenvalue weighted by Crippen LogP contribution is 2.22. The Labute approximate surface area is 153 Å². The number of methoxy groups -OCH3 is 1. The number of carbonyl (C=O) groups excluding carboxylic acids is 2. The second-order valence-corrected chi connectivity index (χ2v) is 6.75. The maximum Gasteiger partial charge on any atom is 0.308 e. The van der Waals surface area contributed by atoms with Crippen molar-refractivity contribution in [2.75, 3.05) is 20.2 Å². The lowest BCUT2D eigenvalue weighted by molar-refractivity contribution is -0.148. The van der Waals surface area contributed by atoms with Crippen molar-refractivity contribution in [2.24, 2.45) is 5.92 Å². The molecule has 1 aliphatic rings. The summed E-state index contributed by atoms with van der Waals surface area (Å²) in [6, 6.07) is 9.92. The molecule has 0 atom stereocenters. The maximum atomic E-state index is 12.7. The third kappa shape index (κ3) is 3.64. The molecule has 3 rings (SSSR count). The van der Waals surface area contributed by atoms with Gasteiger partial charge in [-0.15, -0.1) is 0 Å². The molecule has 0 N–H and O–H groups in total. The first kappa shape index (κ1) is 18.2. The van der Waals surface area contributed by atoms with E-state index in [9.17, 15) is 9.59 Å². The Morgan fingerprint density at radius 3 is 2.42 bits per heavy atom. The minimum Gasteiger partial charge on any atom is -0.469 e. The van der Waals surface area contributed by atoms with Crippen LogP contribution in [0.5, 0.6) is 0 Å². The Hall–Kier alpha value is -2.63. The number of piperidine rings is 1. The zero-order valence-electron chi connectivity index (χ0n) is 15.6. The highest BCUT2D eigenvalue weighted by atomic mass is 16.5. The molecule has 138 valence electrons. The first-order chi connectivity index (χ1) is 12.5. The summed E-state index contributed by atoms with van der Waals surface area (Å²) in [7, 11) is 1.41.